The Labute approximate surface area is 172 Å². The van der Waals surface area contributed by atoms with Gasteiger partial charge in [-0.2, -0.15) is 0 Å². The van der Waals surface area contributed by atoms with Gasteiger partial charge < -0.3 is 10.4 Å². The minimum Gasteiger partial charge on any atom is -0.478 e. The number of nitrogens with zero attached hydrogens (tertiary/aromatic N) is 3. The van der Waals surface area contributed by atoms with Crippen LogP contribution in [0.3, 0.4) is 0 Å². The summed E-state index contributed by atoms with van der Waals surface area (Å²) in [5.41, 5.74) is 3.27. The van der Waals surface area contributed by atoms with Gasteiger partial charge in [0.25, 0.3) is 0 Å². The fraction of sp³-hybridized carbons (Fsp3) is 0.0909. The lowest BCUT2D eigenvalue weighted by Gasteiger charge is -2.06. The molecule has 0 bridgehead atoms. The second-order valence-electron chi connectivity index (χ2n) is 6.55. The van der Waals surface area contributed by atoms with E-state index < -0.39 is 5.97 Å². The molecule has 0 atom stereocenters. The maximum Gasteiger partial charge on any atom is 0.335 e. The number of benzene rings is 1. The normalized spacial score (nSPS) is 10.7. The number of carbonyl (C=O) groups is 1. The number of thiazole rings is 1. The average Bonchev–Trinajstić information content (AvgIpc) is 3.17. The second kappa shape index (κ2) is 8.20. The van der Waals surface area contributed by atoms with E-state index in [1.165, 1.54) is 0 Å². The van der Waals surface area contributed by atoms with Gasteiger partial charge in [0.15, 0.2) is 0 Å². The van der Waals surface area contributed by atoms with Crippen LogP contribution in [-0.2, 0) is 6.42 Å². The van der Waals surface area contributed by atoms with Gasteiger partial charge in [0.2, 0.25) is 0 Å². The van der Waals surface area contributed by atoms with E-state index in [-0.39, 0.29) is 5.56 Å². The Hall–Kier alpha value is -3.58. The number of anilines is 2. The average molecular weight is 402 g/mol. The van der Waals surface area contributed by atoms with Crippen molar-refractivity contribution in [2.45, 2.75) is 13.3 Å². The van der Waals surface area contributed by atoms with E-state index in [0.717, 1.165) is 38.3 Å². The zero-order valence-electron chi connectivity index (χ0n) is 15.7. The quantitative estimate of drug-likeness (QED) is 0.475. The number of carboxylic acids is 1. The Bertz CT molecular complexity index is 1160. The van der Waals surface area contributed by atoms with E-state index in [1.807, 2.05) is 55.6 Å². The first-order valence-corrected chi connectivity index (χ1v) is 9.82. The van der Waals surface area contributed by atoms with Crippen molar-refractivity contribution in [1.82, 2.24) is 15.0 Å². The number of aryl methyl sites for hydroxylation is 1. The predicted octanol–water partition coefficient (Wildman–Crippen LogP) is 4.94. The number of nitrogens with one attached hydrogen (secondary N) is 1. The number of carboxylic acid groups (broad SMARTS) is 1. The van der Waals surface area contributed by atoms with Crippen molar-refractivity contribution >= 4 is 28.9 Å². The van der Waals surface area contributed by atoms with E-state index in [0.29, 0.717) is 6.42 Å². The van der Waals surface area contributed by atoms with Crippen molar-refractivity contribution in [3.05, 3.63) is 88.7 Å². The summed E-state index contributed by atoms with van der Waals surface area (Å²) in [5.74, 6) is 0.553. The van der Waals surface area contributed by atoms with Gasteiger partial charge in [-0.3, -0.25) is 0 Å². The number of rotatable bonds is 6. The topological polar surface area (TPSA) is 88.0 Å². The molecule has 3 aromatic heterocycles. The molecule has 0 unspecified atom stereocenters. The molecule has 1 aromatic carbocycles. The minimum absolute atomic E-state index is 0.283. The van der Waals surface area contributed by atoms with E-state index in [2.05, 4.69) is 20.3 Å². The van der Waals surface area contributed by atoms with E-state index in [9.17, 15) is 4.79 Å². The first kappa shape index (κ1) is 18.8. The highest BCUT2D eigenvalue weighted by atomic mass is 32.1. The van der Waals surface area contributed by atoms with E-state index in [1.54, 1.807) is 29.7 Å². The van der Waals surface area contributed by atoms with Gasteiger partial charge in [-0.15, -0.1) is 11.3 Å². The fourth-order valence-electron chi connectivity index (χ4n) is 2.83. The highest BCUT2D eigenvalue weighted by Gasteiger charge is 2.09. The Morgan fingerprint density at radius 1 is 1.07 bits per heavy atom. The Balaban J connectivity index is 1.49. The Kier molecular flexibility index (Phi) is 5.31. The van der Waals surface area contributed by atoms with Gasteiger partial charge in [0, 0.05) is 18.8 Å². The molecule has 144 valence electrons. The van der Waals surface area contributed by atoms with Gasteiger partial charge in [0.1, 0.15) is 11.6 Å². The van der Waals surface area contributed by atoms with Gasteiger partial charge in [-0.05, 0) is 54.4 Å². The molecule has 7 heteroatoms. The van der Waals surface area contributed by atoms with Crippen LogP contribution in [0.2, 0.25) is 0 Å². The molecule has 0 spiro atoms. The maximum atomic E-state index is 11.0. The zero-order chi connectivity index (χ0) is 20.2. The van der Waals surface area contributed by atoms with Crippen LogP contribution in [0.25, 0.3) is 10.6 Å². The van der Waals surface area contributed by atoms with E-state index in [4.69, 9.17) is 5.11 Å². The molecule has 6 nitrogen and oxygen atoms in total. The lowest BCUT2D eigenvalue weighted by Crippen LogP contribution is -1.96. The van der Waals surface area contributed by atoms with Gasteiger partial charge in [0.05, 0.1) is 21.1 Å². The molecule has 0 aliphatic rings. The number of hydrogen-bond donors (Lipinski definition) is 2. The molecule has 29 heavy (non-hydrogen) atoms. The maximum absolute atomic E-state index is 11.0. The largest absolute Gasteiger partial charge is 0.478 e. The van der Waals surface area contributed by atoms with E-state index >= 15 is 0 Å². The molecular formula is C22H18N4O2S. The summed E-state index contributed by atoms with van der Waals surface area (Å²) in [7, 11) is 0. The Morgan fingerprint density at radius 2 is 1.90 bits per heavy atom. The lowest BCUT2D eigenvalue weighted by atomic mass is 10.1. The molecule has 0 saturated carbocycles. The third-order valence-electron chi connectivity index (χ3n) is 4.28. The standard InChI is InChI=1S/C22H18N4O2S/c1-14-9-10-23-20(11-14)26-19-4-2-3-17(25-19)18-13-24-21(29-18)12-15-5-7-16(8-6-15)22(27)28/h2-11,13H,12H2,1H3,(H,27,28)(H,23,25,26). The van der Waals surface area contributed by atoms with Crippen LogP contribution in [0.5, 0.6) is 0 Å². The molecule has 0 amide bonds. The summed E-state index contributed by atoms with van der Waals surface area (Å²) >= 11 is 1.58. The highest BCUT2D eigenvalue weighted by molar-refractivity contribution is 7.15. The molecule has 4 aromatic rings. The smallest absolute Gasteiger partial charge is 0.335 e. The number of hydrogen-bond acceptors (Lipinski definition) is 6. The summed E-state index contributed by atoms with van der Waals surface area (Å²) in [5, 5.41) is 13.2. The Morgan fingerprint density at radius 3 is 2.66 bits per heavy atom. The first-order valence-electron chi connectivity index (χ1n) is 9.01. The van der Waals surface area contributed by atoms with Crippen LogP contribution in [0.1, 0.15) is 26.5 Å². The summed E-state index contributed by atoms with van der Waals surface area (Å²) in [6, 6.07) is 16.6. The van der Waals surface area contributed by atoms with Crippen LogP contribution < -0.4 is 5.32 Å². The van der Waals surface area contributed by atoms with Crippen molar-refractivity contribution < 1.29 is 9.90 Å². The predicted molar refractivity (Wildman–Crippen MR) is 114 cm³/mol. The molecule has 0 fully saturated rings. The molecule has 4 rings (SSSR count). The fourth-order valence-corrected chi connectivity index (χ4v) is 3.75. The van der Waals surface area contributed by atoms with Crippen LogP contribution in [0.4, 0.5) is 11.6 Å². The van der Waals surface area contributed by atoms with Gasteiger partial charge in [-0.1, -0.05) is 18.2 Å². The van der Waals surface area contributed by atoms with Crippen molar-refractivity contribution in [2.24, 2.45) is 0 Å². The third kappa shape index (κ3) is 4.64. The molecule has 0 aliphatic carbocycles. The lowest BCUT2D eigenvalue weighted by molar-refractivity contribution is 0.0697. The van der Waals surface area contributed by atoms with Gasteiger partial charge in [-0.25, -0.2) is 19.7 Å². The third-order valence-corrected chi connectivity index (χ3v) is 5.30. The summed E-state index contributed by atoms with van der Waals surface area (Å²) in [6.07, 6.45) is 4.23. The van der Waals surface area contributed by atoms with Crippen molar-refractivity contribution in [3.8, 4) is 10.6 Å². The van der Waals surface area contributed by atoms with Crippen LogP contribution in [-0.4, -0.2) is 26.0 Å². The minimum atomic E-state index is -0.923. The molecule has 0 radical (unpaired) electrons. The highest BCUT2D eigenvalue weighted by Crippen LogP contribution is 2.27. The van der Waals surface area contributed by atoms with Crippen molar-refractivity contribution in [2.75, 3.05) is 5.32 Å². The van der Waals surface area contributed by atoms with Crippen molar-refractivity contribution in [1.29, 1.82) is 0 Å². The second-order valence-corrected chi connectivity index (χ2v) is 7.66. The SMILES string of the molecule is Cc1ccnc(Nc2cccc(-c3cnc(Cc4ccc(C(=O)O)cc4)s3)n2)c1. The molecule has 3 heterocycles. The van der Waals surface area contributed by atoms with Gasteiger partial charge >= 0.3 is 5.97 Å². The van der Waals surface area contributed by atoms with Crippen molar-refractivity contribution in [3.63, 3.8) is 0 Å². The number of aromatic carboxylic acids is 1. The van der Waals surface area contributed by atoms with Crippen LogP contribution in [0.15, 0.2) is 67.0 Å². The first-order chi connectivity index (χ1) is 14.1. The molecular weight excluding hydrogens is 384 g/mol. The molecule has 2 N–H and O–H groups in total. The number of pyridine rings is 2. The summed E-state index contributed by atoms with van der Waals surface area (Å²) < 4.78 is 0. The van der Waals surface area contributed by atoms with Crippen LogP contribution in [0, 0.1) is 6.92 Å². The zero-order valence-corrected chi connectivity index (χ0v) is 16.5. The number of aromatic nitrogens is 3. The summed E-state index contributed by atoms with van der Waals surface area (Å²) in [4.78, 5) is 25.4. The molecule has 0 aliphatic heterocycles. The monoisotopic (exact) mass is 402 g/mol. The van der Waals surface area contributed by atoms with Crippen LogP contribution >= 0.6 is 11.3 Å². The molecule has 0 saturated heterocycles. The summed E-state index contributed by atoms with van der Waals surface area (Å²) in [6.45, 7) is 2.02.